The number of aliphatic carboxylic acids is 1. The topological polar surface area (TPSA) is 106 Å². The summed E-state index contributed by atoms with van der Waals surface area (Å²) in [6.07, 6.45) is 5.19. The lowest BCUT2D eigenvalue weighted by atomic mass is 9.85. The minimum atomic E-state index is -0.909. The summed E-state index contributed by atoms with van der Waals surface area (Å²) in [4.78, 5) is 25.0. The molecule has 0 aromatic heterocycles. The predicted octanol–water partition coefficient (Wildman–Crippen LogP) is 5.87. The summed E-state index contributed by atoms with van der Waals surface area (Å²) in [5, 5.41) is 18.6. The summed E-state index contributed by atoms with van der Waals surface area (Å²) in [6, 6.07) is 19.5. The van der Waals surface area contributed by atoms with Crippen molar-refractivity contribution < 1.29 is 34.0 Å². The molecule has 0 saturated carbocycles. The molecule has 1 aliphatic heterocycles. The van der Waals surface area contributed by atoms with Gasteiger partial charge in [0.2, 0.25) is 6.79 Å². The molecule has 2 N–H and O–H groups in total. The van der Waals surface area contributed by atoms with Crippen LogP contribution in [0.2, 0.25) is 0 Å². The Morgan fingerprint density at radius 2 is 1.80 bits per heavy atom. The van der Waals surface area contributed by atoms with E-state index in [1.807, 2.05) is 48.5 Å². The van der Waals surface area contributed by atoms with Crippen LogP contribution < -0.4 is 14.2 Å². The minimum Gasteiger partial charge on any atom is -0.489 e. The number of aryl methyl sites for hydroxylation is 1. The Hall–Kier alpha value is -4.04. The van der Waals surface area contributed by atoms with Crippen molar-refractivity contribution in [1.29, 1.82) is 0 Å². The Bertz CT molecular complexity index is 1350. The monoisotopic (exact) mass is 545 g/mol. The average molecular weight is 546 g/mol. The highest BCUT2D eigenvalue weighted by Crippen LogP contribution is 2.36. The van der Waals surface area contributed by atoms with Crippen LogP contribution in [0.3, 0.4) is 0 Å². The predicted molar refractivity (Wildman–Crippen MR) is 149 cm³/mol. The standard InChI is InChI=1S/C32H35NO7/c34-31(35)10-3-4-16-33(27-8-5-7-24-19-25(32(36)37)12-13-26(24)27)17-15-23-6-1-2-9-28(23)38-20-22-11-14-29-30(18-22)40-21-39-29/h1-2,6,9,11-14,18-19,27H,3-5,7-8,10,15-17,20-21H2,(H,34,35)(H,36,37). The molecule has 1 aliphatic carbocycles. The molecule has 3 aromatic carbocycles. The van der Waals surface area contributed by atoms with Crippen molar-refractivity contribution in [3.05, 3.63) is 88.5 Å². The van der Waals surface area contributed by atoms with E-state index >= 15 is 0 Å². The second kappa shape index (κ2) is 12.9. The molecule has 1 unspecified atom stereocenters. The molecule has 0 bridgehead atoms. The number of hydrogen-bond acceptors (Lipinski definition) is 6. The first kappa shape index (κ1) is 27.5. The molecule has 0 amide bonds. The zero-order valence-electron chi connectivity index (χ0n) is 22.5. The number of hydrogen-bond donors (Lipinski definition) is 2. The van der Waals surface area contributed by atoms with E-state index in [4.69, 9.17) is 19.3 Å². The van der Waals surface area contributed by atoms with Gasteiger partial charge in [-0.1, -0.05) is 30.3 Å². The maximum atomic E-state index is 11.5. The molecule has 0 radical (unpaired) electrons. The van der Waals surface area contributed by atoms with Crippen molar-refractivity contribution >= 4 is 11.9 Å². The van der Waals surface area contributed by atoms with E-state index in [0.717, 1.165) is 79.1 Å². The van der Waals surface area contributed by atoms with Gasteiger partial charge in [-0.2, -0.15) is 0 Å². The molecule has 1 atom stereocenters. The lowest BCUT2D eigenvalue weighted by Gasteiger charge is -2.36. The van der Waals surface area contributed by atoms with Gasteiger partial charge in [-0.15, -0.1) is 0 Å². The number of carbonyl (C=O) groups is 2. The summed E-state index contributed by atoms with van der Waals surface area (Å²) in [7, 11) is 0. The third-order valence-electron chi connectivity index (χ3n) is 7.67. The molecule has 0 fully saturated rings. The van der Waals surface area contributed by atoms with Crippen LogP contribution in [0.5, 0.6) is 17.2 Å². The number of unbranched alkanes of at least 4 members (excludes halogenated alkanes) is 1. The van der Waals surface area contributed by atoms with Gasteiger partial charge in [-0.05, 0) is 97.7 Å². The van der Waals surface area contributed by atoms with Crippen LogP contribution in [0, 0.1) is 0 Å². The van der Waals surface area contributed by atoms with Crippen molar-refractivity contribution in [3.8, 4) is 17.2 Å². The van der Waals surface area contributed by atoms with Gasteiger partial charge in [0.15, 0.2) is 11.5 Å². The number of rotatable bonds is 13. The number of carboxylic acid groups (broad SMARTS) is 2. The van der Waals surface area contributed by atoms with Crippen LogP contribution >= 0.6 is 0 Å². The van der Waals surface area contributed by atoms with Gasteiger partial charge in [0, 0.05) is 19.0 Å². The van der Waals surface area contributed by atoms with Crippen LogP contribution in [0.1, 0.15) is 70.8 Å². The molecule has 8 nitrogen and oxygen atoms in total. The molecule has 0 saturated heterocycles. The number of aromatic carboxylic acids is 1. The smallest absolute Gasteiger partial charge is 0.335 e. The van der Waals surface area contributed by atoms with Gasteiger partial charge in [-0.3, -0.25) is 9.69 Å². The number of carboxylic acids is 2. The van der Waals surface area contributed by atoms with E-state index in [0.29, 0.717) is 18.6 Å². The van der Waals surface area contributed by atoms with Crippen LogP contribution in [0.25, 0.3) is 0 Å². The Morgan fingerprint density at radius 3 is 2.65 bits per heavy atom. The number of benzene rings is 3. The Kier molecular flexibility index (Phi) is 8.86. The van der Waals surface area contributed by atoms with Crippen LogP contribution in [-0.2, 0) is 24.2 Å². The second-order valence-corrected chi connectivity index (χ2v) is 10.3. The maximum absolute atomic E-state index is 11.5. The molecule has 8 heteroatoms. The first-order valence-corrected chi connectivity index (χ1v) is 13.9. The number of nitrogens with zero attached hydrogens (tertiary/aromatic N) is 1. The third-order valence-corrected chi connectivity index (χ3v) is 7.67. The van der Waals surface area contributed by atoms with E-state index < -0.39 is 11.9 Å². The lowest BCUT2D eigenvalue weighted by Crippen LogP contribution is -2.34. The number of para-hydroxylation sites is 1. The molecule has 3 aromatic rings. The highest BCUT2D eigenvalue weighted by Gasteiger charge is 2.27. The molecule has 1 heterocycles. The fourth-order valence-electron chi connectivity index (χ4n) is 5.62. The molecule has 40 heavy (non-hydrogen) atoms. The minimum absolute atomic E-state index is 0.160. The lowest BCUT2D eigenvalue weighted by molar-refractivity contribution is -0.137. The first-order valence-electron chi connectivity index (χ1n) is 13.9. The molecular formula is C32H35NO7. The Balaban J connectivity index is 1.29. The van der Waals surface area contributed by atoms with Crippen molar-refractivity contribution in [2.45, 2.75) is 57.6 Å². The number of ether oxygens (including phenoxy) is 3. The van der Waals surface area contributed by atoms with Gasteiger partial charge in [0.05, 0.1) is 5.56 Å². The highest BCUT2D eigenvalue weighted by atomic mass is 16.7. The largest absolute Gasteiger partial charge is 0.489 e. The third kappa shape index (κ3) is 6.74. The van der Waals surface area contributed by atoms with Gasteiger partial charge in [-0.25, -0.2) is 4.79 Å². The van der Waals surface area contributed by atoms with E-state index in [1.54, 1.807) is 6.07 Å². The van der Waals surface area contributed by atoms with Crippen molar-refractivity contribution in [1.82, 2.24) is 4.90 Å². The van der Waals surface area contributed by atoms with Crippen molar-refractivity contribution in [3.63, 3.8) is 0 Å². The van der Waals surface area contributed by atoms with Crippen molar-refractivity contribution in [2.75, 3.05) is 19.9 Å². The van der Waals surface area contributed by atoms with Gasteiger partial charge in [0.1, 0.15) is 12.4 Å². The fraction of sp³-hybridized carbons (Fsp3) is 0.375. The quantitative estimate of drug-likeness (QED) is 0.257. The SMILES string of the molecule is O=C(O)CCCCN(CCc1ccccc1OCc1ccc2c(c1)OCO2)C1CCCc2cc(C(=O)O)ccc21. The first-order chi connectivity index (χ1) is 19.5. The zero-order valence-corrected chi connectivity index (χ0v) is 22.5. The van der Waals surface area contributed by atoms with Gasteiger partial charge < -0.3 is 24.4 Å². The summed E-state index contributed by atoms with van der Waals surface area (Å²) in [6.45, 7) is 2.20. The van der Waals surface area contributed by atoms with Crippen LogP contribution in [0.4, 0.5) is 0 Å². The summed E-state index contributed by atoms with van der Waals surface area (Å²) >= 11 is 0. The van der Waals surface area contributed by atoms with Gasteiger partial charge in [0.25, 0.3) is 0 Å². The van der Waals surface area contributed by atoms with E-state index in [2.05, 4.69) is 11.0 Å². The Labute approximate surface area is 234 Å². The molecular weight excluding hydrogens is 510 g/mol. The average Bonchev–Trinajstić information content (AvgIpc) is 3.43. The Morgan fingerprint density at radius 1 is 0.950 bits per heavy atom. The van der Waals surface area contributed by atoms with E-state index in [9.17, 15) is 14.7 Å². The maximum Gasteiger partial charge on any atom is 0.335 e. The number of fused-ring (bicyclic) bond motifs is 2. The van der Waals surface area contributed by atoms with Crippen LogP contribution in [0.15, 0.2) is 60.7 Å². The molecule has 2 aliphatic rings. The van der Waals surface area contributed by atoms with E-state index in [-0.39, 0.29) is 19.3 Å². The molecule has 5 rings (SSSR count). The highest BCUT2D eigenvalue weighted by molar-refractivity contribution is 5.88. The van der Waals surface area contributed by atoms with Crippen LogP contribution in [-0.4, -0.2) is 46.9 Å². The van der Waals surface area contributed by atoms with E-state index in [1.165, 1.54) is 5.56 Å². The zero-order chi connectivity index (χ0) is 27.9. The van der Waals surface area contributed by atoms with Crippen molar-refractivity contribution in [2.24, 2.45) is 0 Å². The summed E-state index contributed by atoms with van der Waals surface area (Å²) < 4.78 is 17.1. The fourth-order valence-corrected chi connectivity index (χ4v) is 5.62. The normalized spacial score (nSPS) is 15.6. The second-order valence-electron chi connectivity index (χ2n) is 10.3. The molecule has 210 valence electrons. The van der Waals surface area contributed by atoms with Gasteiger partial charge >= 0.3 is 11.9 Å². The molecule has 0 spiro atoms. The summed E-state index contributed by atoms with van der Waals surface area (Å²) in [5.41, 5.74) is 4.71. The summed E-state index contributed by atoms with van der Waals surface area (Å²) in [5.74, 6) is 0.630.